The maximum atomic E-state index is 6.74. The third-order valence-electron chi connectivity index (χ3n) is 10.3. The second-order valence-electron chi connectivity index (χ2n) is 12.9. The third kappa shape index (κ3) is 3.40. The lowest BCUT2D eigenvalue weighted by atomic mass is 10.0. The molecule has 0 spiro atoms. The molecule has 0 aliphatic heterocycles. The van der Waals surface area contributed by atoms with Crippen molar-refractivity contribution < 1.29 is 4.42 Å². The molecule has 0 N–H and O–H groups in total. The van der Waals surface area contributed by atoms with E-state index in [1.54, 1.807) is 0 Å². The van der Waals surface area contributed by atoms with Crippen LogP contribution in [-0.2, 0) is 0 Å². The highest BCUT2D eigenvalue weighted by Gasteiger charge is 2.28. The number of aromatic nitrogens is 4. The number of benzene rings is 6. The summed E-state index contributed by atoms with van der Waals surface area (Å²) in [4.78, 5) is 10.5. The summed E-state index contributed by atoms with van der Waals surface area (Å²) in [5.74, 6) is 2.04. The van der Waals surface area contributed by atoms with Crippen LogP contribution in [0.1, 0.15) is 18.2 Å². The Bertz CT molecular complexity index is 3230. The first-order valence-electron chi connectivity index (χ1n) is 16.9. The monoisotopic (exact) mass is 640 g/mol. The van der Waals surface area contributed by atoms with Crippen LogP contribution >= 0.6 is 0 Å². The maximum Gasteiger partial charge on any atom is 0.197 e. The zero-order valence-corrected chi connectivity index (χ0v) is 27.2. The molecule has 0 saturated heterocycles. The quantitative estimate of drug-likeness (QED) is 0.192. The number of para-hydroxylation sites is 2. The molecule has 5 nitrogen and oxygen atoms in total. The van der Waals surface area contributed by atoms with Crippen LogP contribution in [0.4, 0.5) is 0 Å². The Morgan fingerprint density at radius 1 is 0.640 bits per heavy atom. The van der Waals surface area contributed by atoms with Crippen molar-refractivity contribution in [1.29, 1.82) is 0 Å². The minimum absolute atomic E-state index is 0.624. The van der Waals surface area contributed by atoms with Crippen molar-refractivity contribution in [2.45, 2.75) is 6.92 Å². The Kier molecular flexibility index (Phi) is 5.40. The van der Waals surface area contributed by atoms with Crippen LogP contribution in [0.2, 0.25) is 0 Å². The van der Waals surface area contributed by atoms with Gasteiger partial charge < -0.3 is 8.82 Å². The molecule has 0 amide bonds. The largest absolute Gasteiger partial charge is 0.450 e. The summed E-state index contributed by atoms with van der Waals surface area (Å²) < 4.78 is 11.5. The predicted octanol–water partition coefficient (Wildman–Crippen LogP) is 12.0. The van der Waals surface area contributed by atoms with E-state index in [-0.39, 0.29) is 0 Å². The lowest BCUT2D eigenvalue weighted by molar-refractivity contribution is 0.599. The highest BCUT2D eigenvalue weighted by molar-refractivity contribution is 6.37. The Labute approximate surface area is 286 Å². The average molecular weight is 641 g/mol. The summed E-state index contributed by atoms with van der Waals surface area (Å²) in [5.41, 5.74) is 8.95. The summed E-state index contributed by atoms with van der Waals surface area (Å²) in [5, 5.41) is 9.59. The molecule has 0 fully saturated rings. The van der Waals surface area contributed by atoms with Crippen molar-refractivity contribution >= 4 is 93.9 Å². The molecule has 6 aromatic carbocycles. The molecule has 0 atom stereocenters. The van der Waals surface area contributed by atoms with E-state index >= 15 is 0 Å². The molecular formula is C45H28N4O. The van der Waals surface area contributed by atoms with Gasteiger partial charge in [-0.2, -0.15) is 0 Å². The van der Waals surface area contributed by atoms with Crippen LogP contribution in [-0.4, -0.2) is 18.9 Å². The molecule has 5 heterocycles. The van der Waals surface area contributed by atoms with Gasteiger partial charge in [0.15, 0.2) is 17.2 Å². The highest BCUT2D eigenvalue weighted by atomic mass is 16.3. The van der Waals surface area contributed by atoms with Gasteiger partial charge in [-0.3, -0.25) is 4.57 Å². The van der Waals surface area contributed by atoms with Gasteiger partial charge in [0.2, 0.25) is 0 Å². The zero-order chi connectivity index (χ0) is 33.1. The number of nitrogens with zero attached hydrogens (tertiary/aromatic N) is 4. The number of allylic oxidation sites excluding steroid dienone is 1. The third-order valence-corrected chi connectivity index (χ3v) is 10.3. The zero-order valence-electron chi connectivity index (χ0n) is 27.2. The molecule has 0 radical (unpaired) electrons. The van der Waals surface area contributed by atoms with E-state index in [1.807, 2.05) is 43.4 Å². The molecule has 0 bridgehead atoms. The predicted molar refractivity (Wildman–Crippen MR) is 209 cm³/mol. The van der Waals surface area contributed by atoms with E-state index in [0.29, 0.717) is 23.0 Å². The van der Waals surface area contributed by atoms with Crippen molar-refractivity contribution in [2.75, 3.05) is 0 Å². The van der Waals surface area contributed by atoms with Crippen LogP contribution in [0, 0.1) is 0 Å². The number of fused-ring (bicyclic) bond motifs is 13. The molecule has 50 heavy (non-hydrogen) atoms. The normalized spacial score (nSPS) is 12.5. The van der Waals surface area contributed by atoms with Crippen LogP contribution in [0.25, 0.3) is 111 Å². The molecule has 0 unspecified atom stereocenters. The van der Waals surface area contributed by atoms with E-state index in [9.17, 15) is 0 Å². The SMILES string of the molecule is C=Cc1c(/C=C\C)oc2c(-n3c4cc5c6ccccc6n6c7ccccc7c(c4c4ccc7ccccc7c43)c56)nc(-c3ccccc3)nc12. The maximum absolute atomic E-state index is 6.74. The fraction of sp³-hybridized carbons (Fsp3) is 0.0222. The summed E-state index contributed by atoms with van der Waals surface area (Å²) in [6, 6.07) is 43.2. The molecule has 0 aliphatic carbocycles. The topological polar surface area (TPSA) is 48.3 Å². The molecular weight excluding hydrogens is 613 g/mol. The van der Waals surface area contributed by atoms with Gasteiger partial charge in [0.1, 0.15) is 11.3 Å². The van der Waals surface area contributed by atoms with E-state index in [2.05, 4.69) is 119 Å². The van der Waals surface area contributed by atoms with Crippen LogP contribution < -0.4 is 0 Å². The Hall–Kier alpha value is -6.72. The minimum atomic E-state index is 0.624. The van der Waals surface area contributed by atoms with Crippen LogP contribution in [0.15, 0.2) is 138 Å². The lowest BCUT2D eigenvalue weighted by Gasteiger charge is -2.11. The standard InChI is InChI=1S/C45H28N4O/c1-3-14-37-28(4-2)40-43(50-37)45(47-44(46-40)27-16-6-5-7-17-27)49-36-25-33-30-19-10-12-21-34(30)48-35-22-13-11-20-31(35)39(42(33)48)38(36)32-24-23-26-15-8-9-18-29(26)41(32)49/h3-25H,2H2,1H3/b14-3-. The number of rotatable bonds is 4. The Balaban J connectivity index is 1.44. The summed E-state index contributed by atoms with van der Waals surface area (Å²) in [6.07, 6.45) is 5.79. The van der Waals surface area contributed by atoms with Gasteiger partial charge in [0.05, 0.1) is 27.6 Å². The van der Waals surface area contributed by atoms with Crippen molar-refractivity contribution in [1.82, 2.24) is 18.9 Å². The first-order chi connectivity index (χ1) is 24.7. The van der Waals surface area contributed by atoms with Crippen molar-refractivity contribution in [2.24, 2.45) is 0 Å². The Morgan fingerprint density at radius 3 is 2.16 bits per heavy atom. The smallest absolute Gasteiger partial charge is 0.197 e. The lowest BCUT2D eigenvalue weighted by Crippen LogP contribution is -2.02. The number of hydrogen-bond acceptors (Lipinski definition) is 3. The fourth-order valence-corrected chi connectivity index (χ4v) is 8.33. The van der Waals surface area contributed by atoms with Crippen molar-refractivity contribution in [3.05, 3.63) is 145 Å². The van der Waals surface area contributed by atoms with Gasteiger partial charge in [0.25, 0.3) is 0 Å². The van der Waals surface area contributed by atoms with Gasteiger partial charge in [-0.05, 0) is 36.6 Å². The van der Waals surface area contributed by atoms with Crippen molar-refractivity contribution in [3.8, 4) is 17.2 Å². The molecule has 5 heteroatoms. The van der Waals surface area contributed by atoms with E-state index in [4.69, 9.17) is 14.4 Å². The summed E-state index contributed by atoms with van der Waals surface area (Å²) in [6.45, 7) is 6.17. The van der Waals surface area contributed by atoms with Gasteiger partial charge in [0, 0.05) is 48.8 Å². The average Bonchev–Trinajstić information content (AvgIpc) is 3.90. The number of furan rings is 1. The molecule has 0 aliphatic rings. The van der Waals surface area contributed by atoms with Gasteiger partial charge in [-0.15, -0.1) is 0 Å². The molecule has 11 rings (SSSR count). The van der Waals surface area contributed by atoms with E-state index in [0.717, 1.165) is 38.4 Å². The summed E-state index contributed by atoms with van der Waals surface area (Å²) >= 11 is 0. The summed E-state index contributed by atoms with van der Waals surface area (Å²) in [7, 11) is 0. The minimum Gasteiger partial charge on any atom is -0.450 e. The highest BCUT2D eigenvalue weighted by Crippen LogP contribution is 2.48. The van der Waals surface area contributed by atoms with Gasteiger partial charge in [-0.25, -0.2) is 9.97 Å². The molecule has 11 aromatic rings. The van der Waals surface area contributed by atoms with Gasteiger partial charge in [-0.1, -0.05) is 122 Å². The number of hydrogen-bond donors (Lipinski definition) is 0. The molecule has 5 aromatic heterocycles. The van der Waals surface area contributed by atoms with Gasteiger partial charge >= 0.3 is 0 Å². The first-order valence-corrected chi connectivity index (χ1v) is 16.9. The second-order valence-corrected chi connectivity index (χ2v) is 12.9. The van der Waals surface area contributed by atoms with E-state index < -0.39 is 0 Å². The fourth-order valence-electron chi connectivity index (χ4n) is 8.33. The molecule has 234 valence electrons. The first kappa shape index (κ1) is 27.3. The van der Waals surface area contributed by atoms with E-state index in [1.165, 1.54) is 48.9 Å². The second kappa shape index (κ2) is 9.91. The van der Waals surface area contributed by atoms with Crippen molar-refractivity contribution in [3.63, 3.8) is 0 Å². The van der Waals surface area contributed by atoms with Crippen LogP contribution in [0.3, 0.4) is 0 Å². The Morgan fingerprint density at radius 2 is 1.36 bits per heavy atom. The van der Waals surface area contributed by atoms with Crippen LogP contribution in [0.5, 0.6) is 0 Å². The molecule has 0 saturated carbocycles.